The van der Waals surface area contributed by atoms with Gasteiger partial charge in [-0.1, -0.05) is 0 Å². The molecule has 6 nitrogen and oxygen atoms in total. The highest BCUT2D eigenvalue weighted by Gasteiger charge is 2.22. The summed E-state index contributed by atoms with van der Waals surface area (Å²) in [6, 6.07) is 3.60. The van der Waals surface area contributed by atoms with Gasteiger partial charge < -0.3 is 9.73 Å². The smallest absolute Gasteiger partial charge is 0.209 e. The summed E-state index contributed by atoms with van der Waals surface area (Å²) in [5.74, 6) is 0.676. The first-order chi connectivity index (χ1) is 8.77. The summed E-state index contributed by atoms with van der Waals surface area (Å²) in [5.41, 5.74) is 0.132. The largest absolute Gasteiger partial charge is 0.464 e. The minimum atomic E-state index is -3.25. The Morgan fingerprint density at radius 2 is 2.11 bits per heavy atom. The summed E-state index contributed by atoms with van der Waals surface area (Å²) < 4.78 is 30.4. The number of fused-ring (bicyclic) bond motifs is 1. The number of nitrogens with zero attached hydrogens (tertiary/aromatic N) is 1. The van der Waals surface area contributed by atoms with Crippen LogP contribution in [0.1, 0.15) is 13.8 Å². The van der Waals surface area contributed by atoms with Gasteiger partial charge in [0.15, 0.2) is 0 Å². The molecule has 0 saturated heterocycles. The lowest BCUT2D eigenvalue weighted by atomic mass is 10.1. The van der Waals surface area contributed by atoms with Crippen LogP contribution in [-0.2, 0) is 10.0 Å². The molecule has 2 rings (SSSR count). The van der Waals surface area contributed by atoms with Crippen LogP contribution >= 0.6 is 0 Å². The Morgan fingerprint density at radius 1 is 1.37 bits per heavy atom. The standard InChI is InChI=1S/C12H17N3O3S/c1-12(2,15-19(3,16)17)8-14-11-9-5-7-18-10(9)4-6-13-11/h4-7,15H,8H2,1-3H3,(H,13,14). The molecule has 0 aromatic carbocycles. The lowest BCUT2D eigenvalue weighted by Gasteiger charge is -2.25. The van der Waals surface area contributed by atoms with Crippen LogP contribution in [0.5, 0.6) is 0 Å². The first-order valence-corrected chi connectivity index (χ1v) is 7.71. The molecule has 0 unspecified atom stereocenters. The molecule has 2 aromatic rings. The van der Waals surface area contributed by atoms with Crippen LogP contribution < -0.4 is 10.0 Å². The van der Waals surface area contributed by atoms with Gasteiger partial charge in [0, 0.05) is 18.3 Å². The summed E-state index contributed by atoms with van der Waals surface area (Å²) in [6.45, 7) is 4.02. The molecule has 0 atom stereocenters. The maximum atomic E-state index is 11.3. The Labute approximate surface area is 112 Å². The van der Waals surface area contributed by atoms with Gasteiger partial charge in [-0.3, -0.25) is 0 Å². The number of nitrogens with one attached hydrogen (secondary N) is 2. The number of furan rings is 1. The molecule has 0 fully saturated rings. The second-order valence-electron chi connectivity index (χ2n) is 5.10. The first-order valence-electron chi connectivity index (χ1n) is 5.82. The van der Waals surface area contributed by atoms with E-state index in [1.54, 1.807) is 32.4 Å². The van der Waals surface area contributed by atoms with E-state index in [1.165, 1.54) is 0 Å². The second-order valence-corrected chi connectivity index (χ2v) is 6.85. The Balaban J connectivity index is 2.12. The van der Waals surface area contributed by atoms with Crippen molar-refractivity contribution in [3.63, 3.8) is 0 Å². The number of aromatic nitrogens is 1. The lowest BCUT2D eigenvalue weighted by molar-refractivity contribution is 0.476. The Bertz CT molecular complexity index is 676. The maximum Gasteiger partial charge on any atom is 0.209 e. The summed E-state index contributed by atoms with van der Waals surface area (Å²) in [4.78, 5) is 4.23. The van der Waals surface area contributed by atoms with E-state index in [4.69, 9.17) is 4.42 Å². The van der Waals surface area contributed by atoms with E-state index in [2.05, 4.69) is 15.0 Å². The van der Waals surface area contributed by atoms with Gasteiger partial charge in [-0.2, -0.15) is 0 Å². The second kappa shape index (κ2) is 4.82. The fraction of sp³-hybridized carbons (Fsp3) is 0.417. The molecule has 0 bridgehead atoms. The molecule has 0 saturated carbocycles. The average Bonchev–Trinajstić information content (AvgIpc) is 2.71. The van der Waals surface area contributed by atoms with Crippen LogP contribution in [0.4, 0.5) is 5.82 Å². The number of rotatable bonds is 5. The average molecular weight is 283 g/mol. The normalized spacial score (nSPS) is 12.8. The van der Waals surface area contributed by atoms with Crippen molar-refractivity contribution in [1.82, 2.24) is 9.71 Å². The third kappa shape index (κ3) is 3.68. The number of pyridine rings is 1. The van der Waals surface area contributed by atoms with Crippen molar-refractivity contribution < 1.29 is 12.8 Å². The van der Waals surface area contributed by atoms with E-state index < -0.39 is 15.6 Å². The number of hydrogen-bond acceptors (Lipinski definition) is 5. The summed E-state index contributed by atoms with van der Waals surface area (Å²) in [7, 11) is -3.25. The summed E-state index contributed by atoms with van der Waals surface area (Å²) in [5, 5.41) is 4.01. The molecule has 2 heterocycles. The molecule has 2 N–H and O–H groups in total. The van der Waals surface area contributed by atoms with Crippen molar-refractivity contribution in [2.24, 2.45) is 0 Å². The van der Waals surface area contributed by atoms with Crippen molar-refractivity contribution in [3.05, 3.63) is 24.6 Å². The van der Waals surface area contributed by atoms with Crippen LogP contribution in [0.25, 0.3) is 11.0 Å². The van der Waals surface area contributed by atoms with E-state index in [0.29, 0.717) is 12.4 Å². The van der Waals surface area contributed by atoms with Crippen LogP contribution in [0.3, 0.4) is 0 Å². The van der Waals surface area contributed by atoms with Gasteiger partial charge in [0.1, 0.15) is 11.4 Å². The van der Waals surface area contributed by atoms with Crippen molar-refractivity contribution in [1.29, 1.82) is 0 Å². The SMILES string of the molecule is CC(C)(CNc1nccc2occc12)NS(C)(=O)=O. The van der Waals surface area contributed by atoms with E-state index in [1.807, 2.05) is 6.07 Å². The Kier molecular flexibility index (Phi) is 3.51. The first kappa shape index (κ1) is 13.8. The van der Waals surface area contributed by atoms with Crippen molar-refractivity contribution >= 4 is 26.8 Å². The number of anilines is 1. The van der Waals surface area contributed by atoms with Crippen LogP contribution in [0, 0.1) is 0 Å². The summed E-state index contributed by atoms with van der Waals surface area (Å²) in [6.07, 6.45) is 4.38. The van der Waals surface area contributed by atoms with Crippen LogP contribution in [0.2, 0.25) is 0 Å². The number of hydrogen-bond donors (Lipinski definition) is 2. The Hall–Kier alpha value is -1.60. The number of sulfonamides is 1. The minimum absolute atomic E-state index is 0.414. The van der Waals surface area contributed by atoms with Gasteiger partial charge in [0.05, 0.1) is 17.9 Å². The molecule has 0 spiro atoms. The molecule has 0 amide bonds. The summed E-state index contributed by atoms with van der Waals surface area (Å²) >= 11 is 0. The highest BCUT2D eigenvalue weighted by Crippen LogP contribution is 2.22. The fourth-order valence-corrected chi connectivity index (χ4v) is 2.95. The van der Waals surface area contributed by atoms with Gasteiger partial charge in [0.25, 0.3) is 0 Å². The zero-order valence-electron chi connectivity index (χ0n) is 11.1. The van der Waals surface area contributed by atoms with E-state index >= 15 is 0 Å². The van der Waals surface area contributed by atoms with Gasteiger partial charge in [-0.05, 0) is 26.0 Å². The highest BCUT2D eigenvalue weighted by atomic mass is 32.2. The van der Waals surface area contributed by atoms with Crippen LogP contribution in [0.15, 0.2) is 29.0 Å². The zero-order valence-corrected chi connectivity index (χ0v) is 11.9. The molecule has 7 heteroatoms. The maximum absolute atomic E-state index is 11.3. The Morgan fingerprint density at radius 3 is 2.79 bits per heavy atom. The fourth-order valence-electron chi connectivity index (χ4n) is 1.88. The topological polar surface area (TPSA) is 84.2 Å². The van der Waals surface area contributed by atoms with Gasteiger partial charge in [-0.25, -0.2) is 18.1 Å². The molecule has 0 aliphatic rings. The van der Waals surface area contributed by atoms with Crippen molar-refractivity contribution in [2.45, 2.75) is 19.4 Å². The zero-order chi connectivity index (χ0) is 14.1. The minimum Gasteiger partial charge on any atom is -0.464 e. The van der Waals surface area contributed by atoms with Crippen molar-refractivity contribution in [3.8, 4) is 0 Å². The monoisotopic (exact) mass is 283 g/mol. The molecule has 0 aliphatic carbocycles. The molecule has 104 valence electrons. The molecular formula is C12H17N3O3S. The van der Waals surface area contributed by atoms with E-state index in [-0.39, 0.29) is 0 Å². The van der Waals surface area contributed by atoms with E-state index in [9.17, 15) is 8.42 Å². The molecule has 19 heavy (non-hydrogen) atoms. The third-order valence-electron chi connectivity index (χ3n) is 2.54. The third-order valence-corrected chi connectivity index (χ3v) is 3.46. The lowest BCUT2D eigenvalue weighted by Crippen LogP contribution is -2.47. The quantitative estimate of drug-likeness (QED) is 0.870. The molecule has 2 aromatic heterocycles. The molecule has 0 radical (unpaired) electrons. The van der Waals surface area contributed by atoms with Gasteiger partial charge >= 0.3 is 0 Å². The van der Waals surface area contributed by atoms with Crippen LogP contribution in [-0.4, -0.2) is 31.7 Å². The van der Waals surface area contributed by atoms with Gasteiger partial charge in [-0.15, -0.1) is 0 Å². The molecule has 0 aliphatic heterocycles. The van der Waals surface area contributed by atoms with Gasteiger partial charge in [0.2, 0.25) is 10.0 Å². The molecular weight excluding hydrogens is 266 g/mol. The predicted octanol–water partition coefficient (Wildman–Crippen LogP) is 1.57. The van der Waals surface area contributed by atoms with Crippen molar-refractivity contribution in [2.75, 3.05) is 18.1 Å². The predicted molar refractivity (Wildman–Crippen MR) is 74.6 cm³/mol. The highest BCUT2D eigenvalue weighted by molar-refractivity contribution is 7.88. The van der Waals surface area contributed by atoms with E-state index in [0.717, 1.165) is 17.2 Å².